The van der Waals surface area contributed by atoms with E-state index in [9.17, 15) is 22.8 Å². The SMILES string of the molecule is O=C(c1ccccc1)c1ccccc1C(=O)N1CCN(c2cccc(C(F)(F)F)c2)CC1. The molecule has 164 valence electrons. The van der Waals surface area contributed by atoms with Crippen molar-refractivity contribution in [2.75, 3.05) is 31.1 Å². The van der Waals surface area contributed by atoms with Gasteiger partial charge in [-0.15, -0.1) is 0 Å². The van der Waals surface area contributed by atoms with Crippen molar-refractivity contribution in [1.29, 1.82) is 0 Å². The van der Waals surface area contributed by atoms with Crippen LogP contribution in [0.5, 0.6) is 0 Å². The minimum Gasteiger partial charge on any atom is -0.368 e. The number of hydrogen-bond donors (Lipinski definition) is 0. The summed E-state index contributed by atoms with van der Waals surface area (Å²) in [5.74, 6) is -0.481. The lowest BCUT2D eigenvalue weighted by molar-refractivity contribution is -0.137. The van der Waals surface area contributed by atoms with Crippen LogP contribution in [0, 0.1) is 0 Å². The molecule has 4 nitrogen and oxygen atoms in total. The van der Waals surface area contributed by atoms with Gasteiger partial charge >= 0.3 is 6.18 Å². The zero-order valence-electron chi connectivity index (χ0n) is 17.2. The zero-order valence-corrected chi connectivity index (χ0v) is 17.2. The predicted octanol–water partition coefficient (Wildman–Crippen LogP) is 4.90. The highest BCUT2D eigenvalue weighted by Crippen LogP contribution is 2.32. The van der Waals surface area contributed by atoms with Gasteiger partial charge in [0.15, 0.2) is 5.78 Å². The maximum atomic E-state index is 13.2. The lowest BCUT2D eigenvalue weighted by Crippen LogP contribution is -2.49. The van der Waals surface area contributed by atoms with Crippen LogP contribution in [0.3, 0.4) is 0 Å². The molecule has 0 bridgehead atoms. The largest absolute Gasteiger partial charge is 0.416 e. The lowest BCUT2D eigenvalue weighted by atomic mass is 9.97. The number of carbonyl (C=O) groups is 2. The molecule has 0 spiro atoms. The highest BCUT2D eigenvalue weighted by atomic mass is 19.4. The van der Waals surface area contributed by atoms with Crippen molar-refractivity contribution in [3.05, 3.63) is 101 Å². The molecule has 1 aliphatic rings. The number of alkyl halides is 3. The van der Waals surface area contributed by atoms with E-state index in [1.807, 2.05) is 11.0 Å². The topological polar surface area (TPSA) is 40.6 Å². The van der Waals surface area contributed by atoms with Crippen LogP contribution in [-0.2, 0) is 6.18 Å². The van der Waals surface area contributed by atoms with Gasteiger partial charge in [-0.25, -0.2) is 0 Å². The normalized spacial score (nSPS) is 14.3. The lowest BCUT2D eigenvalue weighted by Gasteiger charge is -2.36. The quantitative estimate of drug-likeness (QED) is 0.544. The van der Waals surface area contributed by atoms with Gasteiger partial charge in [-0.2, -0.15) is 13.2 Å². The molecule has 1 heterocycles. The van der Waals surface area contributed by atoms with Crippen LogP contribution in [0.2, 0.25) is 0 Å². The molecular formula is C25H21F3N2O2. The predicted molar refractivity (Wildman–Crippen MR) is 116 cm³/mol. The van der Waals surface area contributed by atoms with Crippen LogP contribution in [0.15, 0.2) is 78.9 Å². The third kappa shape index (κ3) is 4.51. The molecular weight excluding hydrogens is 417 g/mol. The van der Waals surface area contributed by atoms with Gasteiger partial charge in [0.05, 0.1) is 11.1 Å². The van der Waals surface area contributed by atoms with Gasteiger partial charge in [-0.1, -0.05) is 54.6 Å². The van der Waals surface area contributed by atoms with E-state index in [0.29, 0.717) is 48.6 Å². The van der Waals surface area contributed by atoms with Crippen LogP contribution < -0.4 is 4.90 Å². The fourth-order valence-corrected chi connectivity index (χ4v) is 3.83. The Kier molecular flexibility index (Phi) is 5.99. The monoisotopic (exact) mass is 438 g/mol. The van der Waals surface area contributed by atoms with Gasteiger partial charge in [-0.05, 0) is 24.3 Å². The second kappa shape index (κ2) is 8.86. The van der Waals surface area contributed by atoms with Crippen molar-refractivity contribution in [3.63, 3.8) is 0 Å². The Labute approximate surface area is 183 Å². The second-order valence-electron chi connectivity index (χ2n) is 7.57. The van der Waals surface area contributed by atoms with Crippen LogP contribution in [0.25, 0.3) is 0 Å². The van der Waals surface area contributed by atoms with E-state index in [1.165, 1.54) is 6.07 Å². The highest BCUT2D eigenvalue weighted by Gasteiger charge is 2.31. The van der Waals surface area contributed by atoms with Crippen molar-refractivity contribution >= 4 is 17.4 Å². The first-order chi connectivity index (χ1) is 15.3. The number of amides is 1. The van der Waals surface area contributed by atoms with E-state index in [1.54, 1.807) is 59.5 Å². The second-order valence-corrected chi connectivity index (χ2v) is 7.57. The van der Waals surface area contributed by atoms with Crippen molar-refractivity contribution in [1.82, 2.24) is 4.90 Å². The molecule has 1 saturated heterocycles. The number of carbonyl (C=O) groups excluding carboxylic acids is 2. The van der Waals surface area contributed by atoms with E-state index in [-0.39, 0.29) is 11.7 Å². The number of halogens is 3. The van der Waals surface area contributed by atoms with Crippen LogP contribution >= 0.6 is 0 Å². The molecule has 0 unspecified atom stereocenters. The van der Waals surface area contributed by atoms with E-state index in [0.717, 1.165) is 12.1 Å². The van der Waals surface area contributed by atoms with Crippen molar-refractivity contribution < 1.29 is 22.8 Å². The van der Waals surface area contributed by atoms with E-state index >= 15 is 0 Å². The Morgan fingerprint density at radius 3 is 2.00 bits per heavy atom. The van der Waals surface area contributed by atoms with Gasteiger partial charge in [-0.3, -0.25) is 9.59 Å². The number of piperazine rings is 1. The Morgan fingerprint density at radius 1 is 0.719 bits per heavy atom. The fourth-order valence-electron chi connectivity index (χ4n) is 3.83. The first kappa shape index (κ1) is 21.6. The number of ketones is 1. The summed E-state index contributed by atoms with van der Waals surface area (Å²) in [7, 11) is 0. The fraction of sp³-hybridized carbons (Fsp3) is 0.200. The summed E-state index contributed by atoms with van der Waals surface area (Å²) in [6, 6.07) is 20.7. The molecule has 0 aliphatic carbocycles. The highest BCUT2D eigenvalue weighted by molar-refractivity contribution is 6.15. The summed E-state index contributed by atoms with van der Waals surface area (Å²) in [5.41, 5.74) is 0.952. The van der Waals surface area contributed by atoms with Gasteiger partial charge in [0.25, 0.3) is 5.91 Å². The Balaban J connectivity index is 1.49. The van der Waals surface area contributed by atoms with Gasteiger partial charge in [0.2, 0.25) is 0 Å². The molecule has 0 aromatic heterocycles. The summed E-state index contributed by atoms with van der Waals surface area (Å²) in [6.07, 6.45) is -4.40. The number of anilines is 1. The molecule has 1 aliphatic heterocycles. The van der Waals surface area contributed by atoms with Crippen molar-refractivity contribution in [2.24, 2.45) is 0 Å². The van der Waals surface area contributed by atoms with Gasteiger partial charge in [0, 0.05) is 43.0 Å². The van der Waals surface area contributed by atoms with Crippen LogP contribution in [0.1, 0.15) is 31.8 Å². The molecule has 3 aromatic rings. The minimum atomic E-state index is -4.40. The zero-order chi connectivity index (χ0) is 22.7. The minimum absolute atomic E-state index is 0.225. The Bertz CT molecular complexity index is 1120. The van der Waals surface area contributed by atoms with E-state index in [4.69, 9.17) is 0 Å². The average molecular weight is 438 g/mol. The number of hydrogen-bond acceptors (Lipinski definition) is 3. The number of rotatable bonds is 4. The van der Waals surface area contributed by atoms with Crippen LogP contribution in [-0.4, -0.2) is 42.8 Å². The molecule has 4 rings (SSSR count). The first-order valence-electron chi connectivity index (χ1n) is 10.2. The molecule has 3 aromatic carbocycles. The van der Waals surface area contributed by atoms with E-state index in [2.05, 4.69) is 0 Å². The van der Waals surface area contributed by atoms with Crippen LogP contribution in [0.4, 0.5) is 18.9 Å². The molecule has 0 radical (unpaired) electrons. The smallest absolute Gasteiger partial charge is 0.368 e. The molecule has 7 heteroatoms. The molecule has 1 fully saturated rings. The molecule has 0 atom stereocenters. The maximum absolute atomic E-state index is 13.2. The van der Waals surface area contributed by atoms with E-state index < -0.39 is 11.7 Å². The third-order valence-electron chi connectivity index (χ3n) is 5.54. The summed E-state index contributed by atoms with van der Waals surface area (Å²) in [6.45, 7) is 1.51. The summed E-state index contributed by atoms with van der Waals surface area (Å²) >= 11 is 0. The number of nitrogens with zero attached hydrogens (tertiary/aromatic N) is 2. The third-order valence-corrected chi connectivity index (χ3v) is 5.54. The summed E-state index contributed by atoms with van der Waals surface area (Å²) in [4.78, 5) is 29.6. The molecule has 32 heavy (non-hydrogen) atoms. The Morgan fingerprint density at radius 2 is 1.34 bits per heavy atom. The number of benzene rings is 3. The van der Waals surface area contributed by atoms with Crippen molar-refractivity contribution in [3.8, 4) is 0 Å². The molecule has 0 saturated carbocycles. The van der Waals surface area contributed by atoms with Gasteiger partial charge in [0.1, 0.15) is 0 Å². The Hall–Kier alpha value is -3.61. The first-order valence-corrected chi connectivity index (χ1v) is 10.2. The van der Waals surface area contributed by atoms with Crippen molar-refractivity contribution in [2.45, 2.75) is 6.18 Å². The summed E-state index contributed by atoms with van der Waals surface area (Å²) in [5, 5.41) is 0. The maximum Gasteiger partial charge on any atom is 0.416 e. The standard InChI is InChI=1S/C25H21F3N2O2/c26-25(27,28)19-9-6-10-20(17-19)29-13-15-30(16-14-29)24(32)22-12-5-4-11-21(22)23(31)18-7-2-1-3-8-18/h1-12,17H,13-16H2. The molecule has 1 amide bonds. The molecule has 0 N–H and O–H groups in total. The summed E-state index contributed by atoms with van der Waals surface area (Å²) < 4.78 is 39.1. The van der Waals surface area contributed by atoms with Gasteiger partial charge < -0.3 is 9.80 Å². The average Bonchev–Trinajstić information content (AvgIpc) is 2.83.